The molecule has 0 aromatic rings. The Bertz CT molecular complexity index is 583. The van der Waals surface area contributed by atoms with Crippen molar-refractivity contribution in [2.24, 2.45) is 29.1 Å². The second-order valence-electron chi connectivity index (χ2n) is 8.39. The van der Waals surface area contributed by atoms with E-state index in [9.17, 15) is 20.1 Å². The number of fused-ring (bicyclic) bond motifs is 1. The van der Waals surface area contributed by atoms with E-state index in [0.717, 1.165) is 12.8 Å². The Morgan fingerprint density at radius 2 is 2.12 bits per heavy atom. The van der Waals surface area contributed by atoms with E-state index in [2.05, 4.69) is 13.5 Å². The predicted molar refractivity (Wildman–Crippen MR) is 93.5 cm³/mol. The second kappa shape index (κ2) is 6.86. The van der Waals surface area contributed by atoms with Crippen molar-refractivity contribution < 1.29 is 24.9 Å². The van der Waals surface area contributed by atoms with Crippen LogP contribution in [0.25, 0.3) is 0 Å². The van der Waals surface area contributed by atoms with Crippen molar-refractivity contribution in [1.82, 2.24) is 0 Å². The molecular weight excluding hydrogens is 320 g/mol. The minimum absolute atomic E-state index is 0.0205. The number of hydrogen-bond acceptors (Lipinski definition) is 5. The minimum atomic E-state index is -0.839. The third-order valence-corrected chi connectivity index (χ3v) is 6.99. The van der Waals surface area contributed by atoms with E-state index < -0.39 is 23.6 Å². The van der Waals surface area contributed by atoms with Crippen LogP contribution in [0.3, 0.4) is 0 Å². The van der Waals surface area contributed by atoms with Gasteiger partial charge in [-0.3, -0.25) is 0 Å². The van der Waals surface area contributed by atoms with Crippen LogP contribution in [0.4, 0.5) is 0 Å². The molecule has 3 fully saturated rings. The Morgan fingerprint density at radius 3 is 2.72 bits per heavy atom. The summed E-state index contributed by atoms with van der Waals surface area (Å²) in [6.45, 7) is 8.43. The zero-order valence-electron chi connectivity index (χ0n) is 15.1. The third-order valence-electron chi connectivity index (χ3n) is 6.99. The molecule has 3 rings (SSSR count). The van der Waals surface area contributed by atoms with Gasteiger partial charge in [-0.15, -0.1) is 0 Å². The van der Waals surface area contributed by atoms with Gasteiger partial charge in [0, 0.05) is 5.41 Å². The fraction of sp³-hybridized carbons (Fsp3) is 0.750. The molecule has 0 amide bonds. The maximum Gasteiger partial charge on any atom is 0.336 e. The van der Waals surface area contributed by atoms with Gasteiger partial charge in [-0.25, -0.2) is 4.79 Å². The smallest absolute Gasteiger partial charge is 0.336 e. The third kappa shape index (κ3) is 3.07. The lowest BCUT2D eigenvalue weighted by Crippen LogP contribution is -2.55. The van der Waals surface area contributed by atoms with Crippen LogP contribution in [0.1, 0.15) is 39.5 Å². The molecule has 1 aliphatic heterocycles. The number of rotatable bonds is 3. The van der Waals surface area contributed by atoms with Crippen LogP contribution in [0.5, 0.6) is 0 Å². The maximum atomic E-state index is 11.7. The summed E-state index contributed by atoms with van der Waals surface area (Å²) in [5.41, 5.74) is 1.03. The molecule has 1 heterocycles. The molecule has 7 unspecified atom stereocenters. The van der Waals surface area contributed by atoms with E-state index in [0.29, 0.717) is 30.3 Å². The predicted octanol–water partition coefficient (Wildman–Crippen LogP) is 1.82. The first-order valence-electron chi connectivity index (χ1n) is 9.31. The van der Waals surface area contributed by atoms with Crippen molar-refractivity contribution in [1.29, 1.82) is 0 Å². The van der Waals surface area contributed by atoms with E-state index in [1.54, 1.807) is 0 Å². The molecule has 2 saturated carbocycles. The van der Waals surface area contributed by atoms with Gasteiger partial charge >= 0.3 is 5.97 Å². The standard InChI is InChI=1S/C20H30O5/c1-11-4-7-15-18(12(2)8-17(23)20(15,3)10-21)13(11)5-6-14-16(22)9-25-19(14)24/h6,12-13,15-18,21-23H,1,4-5,7-10H2,2-3H3. The highest BCUT2D eigenvalue weighted by Crippen LogP contribution is 2.56. The molecule has 0 bridgehead atoms. The number of hydrogen-bond donors (Lipinski definition) is 3. The van der Waals surface area contributed by atoms with Gasteiger partial charge in [0.1, 0.15) is 12.7 Å². The summed E-state index contributed by atoms with van der Waals surface area (Å²) in [6.07, 6.45) is 3.59. The number of aliphatic hydroxyl groups excluding tert-OH is 3. The van der Waals surface area contributed by atoms with Gasteiger partial charge in [0.05, 0.1) is 18.3 Å². The monoisotopic (exact) mass is 350 g/mol. The highest BCUT2D eigenvalue weighted by Gasteiger charge is 2.53. The summed E-state index contributed by atoms with van der Waals surface area (Å²) in [5, 5.41) is 30.4. The highest BCUT2D eigenvalue weighted by atomic mass is 16.6. The number of ether oxygens (including phenoxy) is 1. The lowest BCUT2D eigenvalue weighted by atomic mass is 9.50. The molecule has 0 aromatic carbocycles. The molecule has 7 atom stereocenters. The van der Waals surface area contributed by atoms with Crippen LogP contribution in [0.2, 0.25) is 0 Å². The van der Waals surface area contributed by atoms with Gasteiger partial charge in [0.2, 0.25) is 0 Å². The van der Waals surface area contributed by atoms with Crippen molar-refractivity contribution in [2.45, 2.75) is 51.7 Å². The first-order valence-corrected chi connectivity index (χ1v) is 9.31. The van der Waals surface area contributed by atoms with Gasteiger partial charge in [-0.2, -0.15) is 0 Å². The molecule has 0 radical (unpaired) electrons. The van der Waals surface area contributed by atoms with E-state index in [4.69, 9.17) is 4.74 Å². The first kappa shape index (κ1) is 18.6. The van der Waals surface area contributed by atoms with Crippen LogP contribution in [0.15, 0.2) is 23.8 Å². The van der Waals surface area contributed by atoms with Crippen molar-refractivity contribution in [3.63, 3.8) is 0 Å². The molecule has 3 aliphatic rings. The van der Waals surface area contributed by atoms with Crippen LogP contribution in [0, 0.1) is 29.1 Å². The fourth-order valence-electron chi connectivity index (χ4n) is 5.34. The largest absolute Gasteiger partial charge is 0.459 e. The van der Waals surface area contributed by atoms with E-state index in [1.165, 1.54) is 5.57 Å². The van der Waals surface area contributed by atoms with E-state index in [-0.39, 0.29) is 25.0 Å². The number of carbonyl (C=O) groups excluding carboxylic acids is 1. The number of carbonyl (C=O) groups is 1. The molecule has 25 heavy (non-hydrogen) atoms. The quantitative estimate of drug-likeness (QED) is 0.411. The fourth-order valence-corrected chi connectivity index (χ4v) is 5.34. The average molecular weight is 350 g/mol. The molecular formula is C20H30O5. The average Bonchev–Trinajstić information content (AvgIpc) is 2.90. The Labute approximate surface area is 149 Å². The van der Waals surface area contributed by atoms with Gasteiger partial charge in [-0.05, 0) is 49.4 Å². The molecule has 2 aliphatic carbocycles. The Balaban J connectivity index is 1.86. The molecule has 5 heteroatoms. The molecule has 5 nitrogen and oxygen atoms in total. The summed E-state index contributed by atoms with van der Waals surface area (Å²) in [6, 6.07) is 0. The molecule has 140 valence electrons. The topological polar surface area (TPSA) is 87.0 Å². The normalized spacial score (nSPS) is 46.2. The number of esters is 1. The lowest BCUT2D eigenvalue weighted by molar-refractivity contribution is -0.135. The zero-order valence-corrected chi connectivity index (χ0v) is 15.1. The highest BCUT2D eigenvalue weighted by molar-refractivity contribution is 5.91. The summed E-state index contributed by atoms with van der Waals surface area (Å²) in [7, 11) is 0. The van der Waals surface area contributed by atoms with Gasteiger partial charge < -0.3 is 20.1 Å². The van der Waals surface area contributed by atoms with Gasteiger partial charge in [-0.1, -0.05) is 32.1 Å². The number of aliphatic hydroxyl groups is 3. The number of allylic oxidation sites excluding steroid dienone is 2. The Morgan fingerprint density at radius 1 is 1.40 bits per heavy atom. The van der Waals surface area contributed by atoms with Crippen LogP contribution in [-0.2, 0) is 9.53 Å². The van der Waals surface area contributed by atoms with Crippen molar-refractivity contribution in [3.05, 3.63) is 23.8 Å². The van der Waals surface area contributed by atoms with Crippen molar-refractivity contribution >= 4 is 5.97 Å². The Kier molecular flexibility index (Phi) is 5.11. The summed E-state index contributed by atoms with van der Waals surface area (Å²) in [5.74, 6) is 0.623. The maximum absolute atomic E-state index is 11.7. The van der Waals surface area contributed by atoms with E-state index >= 15 is 0 Å². The molecule has 0 spiro atoms. The van der Waals surface area contributed by atoms with Crippen LogP contribution in [-0.4, -0.2) is 46.7 Å². The van der Waals surface area contributed by atoms with Gasteiger partial charge in [0.15, 0.2) is 0 Å². The first-order chi connectivity index (χ1) is 11.8. The summed E-state index contributed by atoms with van der Waals surface area (Å²) < 4.78 is 4.89. The SMILES string of the molecule is C=C1CCC2C(C(C)CC(O)C2(C)CO)C1CC=C1C(=O)OCC1O. The zero-order chi connectivity index (χ0) is 18.4. The van der Waals surface area contributed by atoms with Crippen molar-refractivity contribution in [3.8, 4) is 0 Å². The second-order valence-corrected chi connectivity index (χ2v) is 8.39. The Hall–Kier alpha value is -1.17. The lowest BCUT2D eigenvalue weighted by Gasteiger charge is -2.56. The summed E-state index contributed by atoms with van der Waals surface area (Å²) >= 11 is 0. The number of cyclic esters (lactones) is 1. The molecule has 3 N–H and O–H groups in total. The van der Waals surface area contributed by atoms with Gasteiger partial charge in [0.25, 0.3) is 0 Å². The van der Waals surface area contributed by atoms with Crippen molar-refractivity contribution in [2.75, 3.05) is 13.2 Å². The van der Waals surface area contributed by atoms with Crippen LogP contribution >= 0.6 is 0 Å². The van der Waals surface area contributed by atoms with Crippen LogP contribution < -0.4 is 0 Å². The summed E-state index contributed by atoms with van der Waals surface area (Å²) in [4.78, 5) is 11.7. The molecule has 1 saturated heterocycles. The minimum Gasteiger partial charge on any atom is -0.459 e. The van der Waals surface area contributed by atoms with E-state index in [1.807, 2.05) is 13.0 Å². The molecule has 0 aromatic heterocycles.